The highest BCUT2D eigenvalue weighted by molar-refractivity contribution is 5.94. The van der Waals surface area contributed by atoms with E-state index in [1.54, 1.807) is 13.2 Å². The molecule has 1 amide bonds. The zero-order valence-electron chi connectivity index (χ0n) is 18.9. The van der Waals surface area contributed by atoms with Crippen LogP contribution >= 0.6 is 0 Å². The summed E-state index contributed by atoms with van der Waals surface area (Å²) in [5.41, 5.74) is 4.39. The summed E-state index contributed by atoms with van der Waals surface area (Å²) in [5.74, 6) is 1.08. The highest BCUT2D eigenvalue weighted by atomic mass is 16.5. The maximum absolute atomic E-state index is 12.8. The number of fused-ring (bicyclic) bond motifs is 1. The maximum Gasteiger partial charge on any atom is 0.251 e. The first-order valence-electron chi connectivity index (χ1n) is 11.6. The van der Waals surface area contributed by atoms with E-state index >= 15 is 0 Å². The maximum atomic E-state index is 12.8. The summed E-state index contributed by atoms with van der Waals surface area (Å²) >= 11 is 0. The van der Waals surface area contributed by atoms with Gasteiger partial charge in [0.1, 0.15) is 5.75 Å². The van der Waals surface area contributed by atoms with Crippen molar-refractivity contribution in [3.63, 3.8) is 0 Å². The lowest BCUT2D eigenvalue weighted by atomic mass is 9.91. The van der Waals surface area contributed by atoms with Gasteiger partial charge < -0.3 is 19.9 Å². The Morgan fingerprint density at radius 3 is 2.78 bits per heavy atom. The average Bonchev–Trinajstić information content (AvgIpc) is 2.83. The fourth-order valence-corrected chi connectivity index (χ4v) is 4.70. The minimum Gasteiger partial charge on any atom is -0.497 e. The Balaban J connectivity index is 1.30. The van der Waals surface area contributed by atoms with Crippen molar-refractivity contribution in [2.45, 2.75) is 38.3 Å². The van der Waals surface area contributed by atoms with Crippen molar-refractivity contribution in [3.8, 4) is 5.75 Å². The number of hydrogen-bond acceptors (Lipinski definition) is 5. The molecule has 0 radical (unpaired) electrons. The second-order valence-corrected chi connectivity index (χ2v) is 8.95. The molecule has 2 N–H and O–H groups in total. The first-order chi connectivity index (χ1) is 15.6. The molecule has 2 aliphatic heterocycles. The molecule has 0 aliphatic carbocycles. The Labute approximate surface area is 190 Å². The van der Waals surface area contributed by atoms with Crippen molar-refractivity contribution < 1.29 is 19.4 Å². The minimum absolute atomic E-state index is 0.180. The largest absolute Gasteiger partial charge is 0.497 e. The normalized spacial score (nSPS) is 18.1. The van der Waals surface area contributed by atoms with E-state index in [0.29, 0.717) is 23.8 Å². The van der Waals surface area contributed by atoms with Gasteiger partial charge in [0.15, 0.2) is 0 Å². The van der Waals surface area contributed by atoms with Crippen LogP contribution in [0.3, 0.4) is 0 Å². The number of nitrogens with one attached hydrogen (secondary N) is 1. The molecule has 32 heavy (non-hydrogen) atoms. The topological polar surface area (TPSA) is 71.0 Å². The molecule has 1 atom stereocenters. The summed E-state index contributed by atoms with van der Waals surface area (Å²) in [6, 6.07) is 14.2. The molecular weight excluding hydrogens is 404 g/mol. The third kappa shape index (κ3) is 6.09. The molecule has 2 heterocycles. The van der Waals surface area contributed by atoms with Gasteiger partial charge in [-0.25, -0.2) is 0 Å². The second kappa shape index (κ2) is 10.9. The Kier molecular flexibility index (Phi) is 7.79. The van der Waals surface area contributed by atoms with Gasteiger partial charge in [0.25, 0.3) is 5.91 Å². The molecule has 172 valence electrons. The quantitative estimate of drug-likeness (QED) is 0.663. The molecule has 2 aromatic rings. The molecule has 0 bridgehead atoms. The van der Waals surface area contributed by atoms with Crippen LogP contribution in [-0.4, -0.2) is 62.0 Å². The summed E-state index contributed by atoms with van der Waals surface area (Å²) < 4.78 is 10.9. The van der Waals surface area contributed by atoms with Crippen molar-refractivity contribution in [1.82, 2.24) is 10.2 Å². The number of carbonyl (C=O) groups is 1. The molecule has 1 saturated heterocycles. The van der Waals surface area contributed by atoms with Gasteiger partial charge in [0.2, 0.25) is 0 Å². The number of rotatable bonds is 8. The third-order valence-electron chi connectivity index (χ3n) is 6.51. The summed E-state index contributed by atoms with van der Waals surface area (Å²) in [5, 5.41) is 13.4. The monoisotopic (exact) mass is 438 g/mol. The molecule has 0 aromatic heterocycles. The van der Waals surface area contributed by atoms with Crippen molar-refractivity contribution in [2.75, 3.05) is 40.0 Å². The van der Waals surface area contributed by atoms with Gasteiger partial charge in [-0.15, -0.1) is 0 Å². The van der Waals surface area contributed by atoms with Gasteiger partial charge in [-0.3, -0.25) is 9.69 Å². The van der Waals surface area contributed by atoms with E-state index in [1.165, 1.54) is 11.1 Å². The van der Waals surface area contributed by atoms with E-state index < -0.39 is 6.10 Å². The fraction of sp³-hybridized carbons (Fsp3) is 0.500. The standard InChI is InChI=1S/C26H34N2O4/c1-31-25-14-20(12-19-7-10-32-11-8-19)13-23(15-25)26(30)27-16-24(29)18-28-9-6-21-4-2-3-5-22(21)17-28/h2-5,13-15,19,24,29H,6-12,16-18H2,1H3,(H,27,30). The lowest BCUT2D eigenvalue weighted by molar-refractivity contribution is 0.0665. The molecular formula is C26H34N2O4. The number of hydrogen-bond donors (Lipinski definition) is 2. The van der Waals surface area contributed by atoms with Crippen molar-refractivity contribution in [2.24, 2.45) is 5.92 Å². The molecule has 4 rings (SSSR count). The van der Waals surface area contributed by atoms with Crippen LogP contribution < -0.4 is 10.1 Å². The van der Waals surface area contributed by atoms with E-state index in [4.69, 9.17) is 9.47 Å². The molecule has 6 nitrogen and oxygen atoms in total. The molecule has 2 aliphatic rings. The lowest BCUT2D eigenvalue weighted by Crippen LogP contribution is -2.42. The number of aliphatic hydroxyl groups excluding tert-OH is 1. The van der Waals surface area contributed by atoms with E-state index in [-0.39, 0.29) is 12.5 Å². The van der Waals surface area contributed by atoms with Crippen molar-refractivity contribution >= 4 is 5.91 Å². The van der Waals surface area contributed by atoms with E-state index in [0.717, 1.165) is 57.6 Å². The number of carbonyl (C=O) groups excluding carboxylic acids is 1. The first-order valence-corrected chi connectivity index (χ1v) is 11.6. The van der Waals surface area contributed by atoms with Gasteiger partial charge in [-0.2, -0.15) is 0 Å². The molecule has 1 unspecified atom stereocenters. The minimum atomic E-state index is -0.614. The SMILES string of the molecule is COc1cc(CC2CCOCC2)cc(C(=O)NCC(O)CN2CCc3ccccc3C2)c1. The Hall–Kier alpha value is -2.41. The predicted molar refractivity (Wildman–Crippen MR) is 124 cm³/mol. The zero-order chi connectivity index (χ0) is 22.3. The van der Waals surface area contributed by atoms with Gasteiger partial charge in [0, 0.05) is 45.0 Å². The van der Waals surface area contributed by atoms with Crippen molar-refractivity contribution in [1.29, 1.82) is 0 Å². The van der Waals surface area contributed by atoms with Crippen LogP contribution in [0.2, 0.25) is 0 Å². The predicted octanol–water partition coefficient (Wildman–Crippen LogP) is 2.81. The van der Waals surface area contributed by atoms with Crippen LogP contribution in [0.4, 0.5) is 0 Å². The van der Waals surface area contributed by atoms with Crippen LogP contribution in [0.5, 0.6) is 5.75 Å². The molecule has 1 fully saturated rings. The van der Waals surface area contributed by atoms with Crippen LogP contribution in [-0.2, 0) is 24.1 Å². The average molecular weight is 439 g/mol. The van der Waals surface area contributed by atoms with Gasteiger partial charge in [-0.05, 0) is 66.5 Å². The van der Waals surface area contributed by atoms with E-state index in [2.05, 4.69) is 34.5 Å². The number of amides is 1. The highest BCUT2D eigenvalue weighted by Crippen LogP contribution is 2.24. The van der Waals surface area contributed by atoms with Gasteiger partial charge in [0.05, 0.1) is 13.2 Å². The van der Waals surface area contributed by atoms with Gasteiger partial charge in [-0.1, -0.05) is 24.3 Å². The molecule has 0 saturated carbocycles. The number of ether oxygens (including phenoxy) is 2. The van der Waals surface area contributed by atoms with Crippen LogP contribution in [0, 0.1) is 5.92 Å². The van der Waals surface area contributed by atoms with Gasteiger partial charge >= 0.3 is 0 Å². The first kappa shape index (κ1) is 22.8. The van der Waals surface area contributed by atoms with Crippen LogP contribution in [0.25, 0.3) is 0 Å². The fourth-order valence-electron chi connectivity index (χ4n) is 4.70. The highest BCUT2D eigenvalue weighted by Gasteiger charge is 2.20. The van der Waals surface area contributed by atoms with Crippen molar-refractivity contribution in [3.05, 3.63) is 64.7 Å². The Bertz CT molecular complexity index is 910. The zero-order valence-corrected chi connectivity index (χ0v) is 18.9. The second-order valence-electron chi connectivity index (χ2n) is 8.95. The Morgan fingerprint density at radius 2 is 2.00 bits per heavy atom. The molecule has 2 aromatic carbocycles. The number of nitrogens with zero attached hydrogens (tertiary/aromatic N) is 1. The number of methoxy groups -OCH3 is 1. The molecule has 6 heteroatoms. The summed E-state index contributed by atoms with van der Waals surface area (Å²) in [6.07, 6.45) is 3.39. The Morgan fingerprint density at radius 1 is 1.22 bits per heavy atom. The smallest absolute Gasteiger partial charge is 0.251 e. The lowest BCUT2D eigenvalue weighted by Gasteiger charge is -2.30. The summed E-state index contributed by atoms with van der Waals surface area (Å²) in [7, 11) is 1.62. The van der Waals surface area contributed by atoms with Crippen LogP contribution in [0.15, 0.2) is 42.5 Å². The number of aliphatic hydroxyl groups is 1. The van der Waals surface area contributed by atoms with E-state index in [9.17, 15) is 9.90 Å². The van der Waals surface area contributed by atoms with E-state index in [1.807, 2.05) is 12.1 Å². The summed E-state index contributed by atoms with van der Waals surface area (Å²) in [4.78, 5) is 15.1. The molecule has 0 spiro atoms. The number of β-amino-alcohol motifs (C(OH)–C–C–N with tert-alkyl or cyclic N) is 1. The van der Waals surface area contributed by atoms with Crippen LogP contribution in [0.1, 0.15) is 39.9 Å². The summed E-state index contributed by atoms with van der Waals surface area (Å²) in [6.45, 7) is 4.15. The third-order valence-corrected chi connectivity index (χ3v) is 6.51. The number of benzene rings is 2.